The van der Waals surface area contributed by atoms with Crippen LogP contribution in [-0.2, 0) is 11.3 Å². The maximum absolute atomic E-state index is 13.0. The van der Waals surface area contributed by atoms with Crippen LogP contribution in [0.1, 0.15) is 19.8 Å². The predicted molar refractivity (Wildman–Crippen MR) is 126 cm³/mol. The number of benzene rings is 1. The van der Waals surface area contributed by atoms with E-state index in [1.165, 1.54) is 30.2 Å². The number of carbonyl (C=O) groups is 1. The van der Waals surface area contributed by atoms with Gasteiger partial charge in [0.15, 0.2) is 15.9 Å². The second-order valence-electron chi connectivity index (χ2n) is 6.97. The van der Waals surface area contributed by atoms with Crippen molar-refractivity contribution in [1.82, 2.24) is 14.5 Å². The summed E-state index contributed by atoms with van der Waals surface area (Å²) in [6, 6.07) is 5.04. The number of nitrogens with zero attached hydrogens (tertiary/aromatic N) is 4. The third kappa shape index (κ3) is 4.65. The summed E-state index contributed by atoms with van der Waals surface area (Å²) < 4.78 is 7.27. The lowest BCUT2D eigenvalue weighted by atomic mass is 10.3. The number of hydrogen-bond donors (Lipinski definition) is 1. The van der Waals surface area contributed by atoms with Gasteiger partial charge in [-0.1, -0.05) is 34.7 Å². The highest BCUT2D eigenvalue weighted by molar-refractivity contribution is 7.99. The standard InChI is InChI=1S/C20H22ClN5O3S2/c1-3-26-18(28)16-17(23-19(31-16)25-8-4-5-9-25)24-20(26)30-11-15(27)22-12-6-7-14(29-2)13(21)10-12/h6-7,10H,3-5,8-9,11H2,1-2H3,(H,22,27). The SMILES string of the molecule is CCn1c(SCC(=O)Nc2ccc(OC)c(Cl)c2)nc2nc(N3CCCC3)sc2c1=O. The van der Waals surface area contributed by atoms with Crippen molar-refractivity contribution in [3.8, 4) is 5.75 Å². The van der Waals surface area contributed by atoms with Crippen molar-refractivity contribution in [2.45, 2.75) is 31.5 Å². The number of thioether (sulfide) groups is 1. The fourth-order valence-electron chi connectivity index (χ4n) is 3.38. The van der Waals surface area contributed by atoms with Crippen LogP contribution in [0.4, 0.5) is 10.8 Å². The number of carbonyl (C=O) groups excluding carboxylic acids is 1. The number of aromatic nitrogens is 3. The second kappa shape index (κ2) is 9.46. The van der Waals surface area contributed by atoms with Crippen LogP contribution in [0, 0.1) is 0 Å². The largest absolute Gasteiger partial charge is 0.495 e. The van der Waals surface area contributed by atoms with Crippen molar-refractivity contribution in [3.63, 3.8) is 0 Å². The van der Waals surface area contributed by atoms with Gasteiger partial charge < -0.3 is 15.0 Å². The molecule has 0 bridgehead atoms. The normalized spacial score (nSPS) is 13.7. The lowest BCUT2D eigenvalue weighted by Crippen LogP contribution is -2.23. The average Bonchev–Trinajstić information content (AvgIpc) is 3.42. The molecule has 1 aromatic carbocycles. The summed E-state index contributed by atoms with van der Waals surface area (Å²) in [7, 11) is 1.53. The Hall–Kier alpha value is -2.30. The summed E-state index contributed by atoms with van der Waals surface area (Å²) in [4.78, 5) is 36.8. The molecule has 0 saturated carbocycles. The van der Waals surface area contributed by atoms with Crippen LogP contribution in [0.15, 0.2) is 28.2 Å². The van der Waals surface area contributed by atoms with Gasteiger partial charge in [0.1, 0.15) is 10.4 Å². The van der Waals surface area contributed by atoms with Crippen LogP contribution in [0.25, 0.3) is 10.3 Å². The first kappa shape index (κ1) is 21.9. The number of ether oxygens (including phenoxy) is 1. The number of methoxy groups -OCH3 is 1. The first-order valence-corrected chi connectivity index (χ1v) is 12.1. The molecule has 1 amide bonds. The molecule has 0 spiro atoms. The number of rotatable bonds is 7. The van der Waals surface area contributed by atoms with Gasteiger partial charge in [-0.2, -0.15) is 4.98 Å². The lowest BCUT2D eigenvalue weighted by molar-refractivity contribution is -0.113. The molecule has 1 saturated heterocycles. The van der Waals surface area contributed by atoms with Gasteiger partial charge in [0.25, 0.3) is 5.56 Å². The molecule has 8 nitrogen and oxygen atoms in total. The van der Waals surface area contributed by atoms with Crippen LogP contribution in [0.2, 0.25) is 5.02 Å². The number of nitrogens with one attached hydrogen (secondary N) is 1. The summed E-state index contributed by atoms with van der Waals surface area (Å²) >= 11 is 8.72. The van der Waals surface area contributed by atoms with Crippen LogP contribution < -0.4 is 20.5 Å². The van der Waals surface area contributed by atoms with E-state index in [4.69, 9.17) is 16.3 Å². The van der Waals surface area contributed by atoms with Gasteiger partial charge in [-0.3, -0.25) is 14.2 Å². The van der Waals surface area contributed by atoms with Crippen LogP contribution in [0.5, 0.6) is 5.75 Å². The molecular formula is C20H22ClN5O3S2. The number of fused-ring (bicyclic) bond motifs is 1. The summed E-state index contributed by atoms with van der Waals surface area (Å²) in [6.45, 7) is 4.27. The van der Waals surface area contributed by atoms with Crippen molar-refractivity contribution in [1.29, 1.82) is 0 Å². The highest BCUT2D eigenvalue weighted by atomic mass is 35.5. The molecule has 1 aliphatic heterocycles. The van der Waals surface area contributed by atoms with Crippen molar-refractivity contribution in [2.75, 3.05) is 36.2 Å². The Kier molecular flexibility index (Phi) is 6.68. The quantitative estimate of drug-likeness (QED) is 0.406. The number of hydrogen-bond acceptors (Lipinski definition) is 8. The van der Waals surface area contributed by atoms with Crippen molar-refractivity contribution in [3.05, 3.63) is 33.6 Å². The molecule has 1 aliphatic rings. The Labute approximate surface area is 192 Å². The second-order valence-corrected chi connectivity index (χ2v) is 9.30. The van der Waals surface area contributed by atoms with Gasteiger partial charge in [-0.05, 0) is 38.0 Å². The zero-order valence-corrected chi connectivity index (χ0v) is 19.6. The van der Waals surface area contributed by atoms with Crippen LogP contribution in [0.3, 0.4) is 0 Å². The zero-order chi connectivity index (χ0) is 22.0. The van der Waals surface area contributed by atoms with Gasteiger partial charge in [-0.25, -0.2) is 4.98 Å². The molecule has 4 rings (SSSR count). The molecule has 1 N–H and O–H groups in total. The van der Waals surface area contributed by atoms with E-state index >= 15 is 0 Å². The van der Waals surface area contributed by atoms with Crippen molar-refractivity contribution < 1.29 is 9.53 Å². The highest BCUT2D eigenvalue weighted by Gasteiger charge is 2.21. The van der Waals surface area contributed by atoms with Gasteiger partial charge in [-0.15, -0.1) is 0 Å². The fraction of sp³-hybridized carbons (Fsp3) is 0.400. The molecule has 3 aromatic rings. The number of thiazole rings is 1. The number of anilines is 2. The first-order valence-electron chi connectivity index (χ1n) is 9.92. The molecule has 0 radical (unpaired) electrons. The smallest absolute Gasteiger partial charge is 0.273 e. The van der Waals surface area contributed by atoms with E-state index in [0.717, 1.165) is 31.1 Å². The Morgan fingerprint density at radius 1 is 1.32 bits per heavy atom. The summed E-state index contributed by atoms with van der Waals surface area (Å²) in [5, 5.41) is 4.54. The minimum Gasteiger partial charge on any atom is -0.495 e. The third-order valence-electron chi connectivity index (χ3n) is 4.93. The topological polar surface area (TPSA) is 89.3 Å². The highest BCUT2D eigenvalue weighted by Crippen LogP contribution is 2.30. The van der Waals surface area contributed by atoms with E-state index in [-0.39, 0.29) is 17.2 Å². The molecule has 0 atom stereocenters. The average molecular weight is 480 g/mol. The van der Waals surface area contributed by atoms with Gasteiger partial charge in [0, 0.05) is 25.3 Å². The predicted octanol–water partition coefficient (Wildman–Crippen LogP) is 3.87. The minimum absolute atomic E-state index is 0.102. The van der Waals surface area contributed by atoms with E-state index in [0.29, 0.717) is 38.5 Å². The van der Waals surface area contributed by atoms with E-state index in [1.807, 2.05) is 6.92 Å². The Bertz CT molecular complexity index is 1170. The molecule has 2 aromatic heterocycles. The molecule has 1 fully saturated rings. The third-order valence-corrected chi connectivity index (χ3v) is 7.30. The monoisotopic (exact) mass is 479 g/mol. The molecule has 31 heavy (non-hydrogen) atoms. The van der Waals surface area contributed by atoms with Crippen LogP contribution in [-0.4, -0.2) is 46.4 Å². The van der Waals surface area contributed by atoms with Crippen molar-refractivity contribution in [2.24, 2.45) is 0 Å². The number of amides is 1. The Morgan fingerprint density at radius 2 is 2.10 bits per heavy atom. The molecule has 164 valence electrons. The number of halogens is 1. The molecular weight excluding hydrogens is 458 g/mol. The van der Waals surface area contributed by atoms with Crippen LogP contribution >= 0.6 is 34.7 Å². The van der Waals surface area contributed by atoms with E-state index in [9.17, 15) is 9.59 Å². The maximum atomic E-state index is 13.0. The minimum atomic E-state index is -0.223. The van der Waals surface area contributed by atoms with Crippen molar-refractivity contribution >= 4 is 61.8 Å². The van der Waals surface area contributed by atoms with E-state index in [2.05, 4.69) is 20.2 Å². The summed E-state index contributed by atoms with van der Waals surface area (Å²) in [5.41, 5.74) is 0.911. The maximum Gasteiger partial charge on any atom is 0.273 e. The molecule has 11 heteroatoms. The first-order chi connectivity index (χ1) is 15.0. The summed E-state index contributed by atoms with van der Waals surface area (Å²) in [6.07, 6.45) is 2.27. The lowest BCUT2D eigenvalue weighted by Gasteiger charge is -2.11. The Balaban J connectivity index is 1.51. The van der Waals surface area contributed by atoms with Gasteiger partial charge >= 0.3 is 0 Å². The van der Waals surface area contributed by atoms with Gasteiger partial charge in [0.2, 0.25) is 5.91 Å². The Morgan fingerprint density at radius 3 is 2.77 bits per heavy atom. The van der Waals surface area contributed by atoms with E-state index < -0.39 is 0 Å². The molecule has 0 unspecified atom stereocenters. The fourth-order valence-corrected chi connectivity index (χ4v) is 5.50. The molecule has 3 heterocycles. The van der Waals surface area contributed by atoms with E-state index in [1.54, 1.807) is 22.8 Å². The zero-order valence-electron chi connectivity index (χ0n) is 17.2. The van der Waals surface area contributed by atoms with Gasteiger partial charge in [0.05, 0.1) is 17.9 Å². The summed E-state index contributed by atoms with van der Waals surface area (Å²) in [5.74, 6) is 0.416. The molecule has 0 aliphatic carbocycles.